The maximum absolute atomic E-state index is 12.7. The van der Waals surface area contributed by atoms with Crippen molar-refractivity contribution in [2.45, 2.75) is 46.0 Å². The molecule has 1 aromatic carbocycles. The lowest BCUT2D eigenvalue weighted by Crippen LogP contribution is -2.31. The number of ketones is 1. The summed E-state index contributed by atoms with van der Waals surface area (Å²) in [5, 5.41) is 0. The topological polar surface area (TPSA) is 78.6 Å². The van der Waals surface area contributed by atoms with Crippen LogP contribution in [0.5, 0.6) is 0 Å². The van der Waals surface area contributed by atoms with E-state index >= 15 is 0 Å². The number of nitrogens with two attached hydrogens (primary N) is 1. The van der Waals surface area contributed by atoms with Crippen LogP contribution < -0.4 is 5.73 Å². The molecule has 0 saturated carbocycles. The van der Waals surface area contributed by atoms with E-state index in [0.717, 1.165) is 23.1 Å². The Kier molecular flexibility index (Phi) is 4.66. The zero-order chi connectivity index (χ0) is 18.1. The first-order valence-electron chi connectivity index (χ1n) is 8.62. The van der Waals surface area contributed by atoms with Crippen molar-refractivity contribution >= 4 is 11.8 Å². The summed E-state index contributed by atoms with van der Waals surface area (Å²) in [6, 6.07) is 5.97. The van der Waals surface area contributed by atoms with Crippen LogP contribution in [0.1, 0.15) is 48.8 Å². The first-order valence-corrected chi connectivity index (χ1v) is 8.62. The lowest BCUT2D eigenvalue weighted by atomic mass is 9.76. The zero-order valence-electron chi connectivity index (χ0n) is 14.8. The number of carbonyl (C=O) groups excluding carboxylic acids is 2. The van der Waals surface area contributed by atoms with Crippen LogP contribution in [0.25, 0.3) is 0 Å². The molecule has 2 aliphatic rings. The highest BCUT2D eigenvalue weighted by Crippen LogP contribution is 2.44. The van der Waals surface area contributed by atoms with Crippen LogP contribution in [0.3, 0.4) is 0 Å². The van der Waals surface area contributed by atoms with Gasteiger partial charge in [-0.05, 0) is 38.3 Å². The Morgan fingerprint density at radius 3 is 2.76 bits per heavy atom. The van der Waals surface area contributed by atoms with Gasteiger partial charge in [0.15, 0.2) is 5.78 Å². The fourth-order valence-corrected chi connectivity index (χ4v) is 3.62. The Morgan fingerprint density at radius 1 is 1.32 bits per heavy atom. The molecule has 0 fully saturated rings. The average molecular weight is 341 g/mol. The number of hydrogen-bond acceptors (Lipinski definition) is 5. The Balaban J connectivity index is 2.20. The molecule has 2 N–H and O–H groups in total. The second-order valence-corrected chi connectivity index (χ2v) is 6.51. The number of aryl methyl sites for hydroxylation is 2. The summed E-state index contributed by atoms with van der Waals surface area (Å²) in [7, 11) is 0. The molecule has 1 unspecified atom stereocenters. The standard InChI is InChI=1S/C20H23NO4/c1-4-24-20(23)18-16(13-9-8-11(2)10-12(13)3)17-14(22)6-5-7-15(17)25-19(18)21/h8-10,16H,4-7,21H2,1-3H3. The maximum atomic E-state index is 12.7. The van der Waals surface area contributed by atoms with E-state index in [0.29, 0.717) is 24.2 Å². The van der Waals surface area contributed by atoms with E-state index in [-0.39, 0.29) is 23.8 Å². The molecule has 1 atom stereocenters. The minimum absolute atomic E-state index is 0.0144. The van der Waals surface area contributed by atoms with Gasteiger partial charge in [-0.3, -0.25) is 4.79 Å². The quantitative estimate of drug-likeness (QED) is 0.855. The smallest absolute Gasteiger partial charge is 0.340 e. The summed E-state index contributed by atoms with van der Waals surface area (Å²) >= 11 is 0. The number of Topliss-reactive ketones (excluding diaryl/α,β-unsaturated/α-hetero) is 1. The van der Waals surface area contributed by atoms with Crippen LogP contribution in [0.4, 0.5) is 0 Å². The van der Waals surface area contributed by atoms with Gasteiger partial charge in [-0.15, -0.1) is 0 Å². The molecule has 0 aromatic heterocycles. The number of hydrogen-bond donors (Lipinski definition) is 1. The number of carbonyl (C=O) groups is 2. The number of esters is 1. The first kappa shape index (κ1) is 17.3. The van der Waals surface area contributed by atoms with Gasteiger partial charge in [0.1, 0.15) is 11.3 Å². The second-order valence-electron chi connectivity index (χ2n) is 6.51. The summed E-state index contributed by atoms with van der Waals surface area (Å²) in [6.07, 6.45) is 1.85. The molecule has 1 heterocycles. The van der Waals surface area contributed by atoms with Crippen molar-refractivity contribution in [1.82, 2.24) is 0 Å². The van der Waals surface area contributed by atoms with Gasteiger partial charge in [0.05, 0.1) is 12.5 Å². The predicted molar refractivity (Wildman–Crippen MR) is 93.5 cm³/mol. The van der Waals surface area contributed by atoms with Crippen molar-refractivity contribution in [2.75, 3.05) is 6.61 Å². The molecule has 0 bridgehead atoms. The predicted octanol–water partition coefficient (Wildman–Crippen LogP) is 3.16. The number of allylic oxidation sites excluding steroid dienone is 2. The largest absolute Gasteiger partial charge is 0.462 e. The summed E-state index contributed by atoms with van der Waals surface area (Å²) in [6.45, 7) is 5.95. The van der Waals surface area contributed by atoms with E-state index in [1.165, 1.54) is 0 Å². The van der Waals surface area contributed by atoms with E-state index in [1.807, 2.05) is 32.0 Å². The van der Waals surface area contributed by atoms with Crippen LogP contribution in [-0.2, 0) is 19.1 Å². The van der Waals surface area contributed by atoms with Crippen molar-refractivity contribution in [2.24, 2.45) is 5.73 Å². The van der Waals surface area contributed by atoms with Gasteiger partial charge in [0, 0.05) is 18.4 Å². The van der Waals surface area contributed by atoms with Crippen molar-refractivity contribution in [3.8, 4) is 0 Å². The fraction of sp³-hybridized carbons (Fsp3) is 0.400. The molecule has 132 valence electrons. The van der Waals surface area contributed by atoms with E-state index in [9.17, 15) is 9.59 Å². The Bertz CT molecular complexity index is 804. The van der Waals surface area contributed by atoms with Gasteiger partial charge < -0.3 is 15.2 Å². The van der Waals surface area contributed by atoms with Crippen LogP contribution in [0, 0.1) is 13.8 Å². The van der Waals surface area contributed by atoms with Crippen molar-refractivity contribution in [1.29, 1.82) is 0 Å². The lowest BCUT2D eigenvalue weighted by Gasteiger charge is -2.33. The fourth-order valence-electron chi connectivity index (χ4n) is 3.62. The van der Waals surface area contributed by atoms with Crippen molar-refractivity contribution in [3.63, 3.8) is 0 Å². The molecule has 25 heavy (non-hydrogen) atoms. The first-order chi connectivity index (χ1) is 11.9. The van der Waals surface area contributed by atoms with Crippen LogP contribution in [-0.4, -0.2) is 18.4 Å². The van der Waals surface area contributed by atoms with Crippen molar-refractivity contribution in [3.05, 3.63) is 57.7 Å². The second kappa shape index (κ2) is 6.75. The number of benzene rings is 1. The van der Waals surface area contributed by atoms with Crippen LogP contribution >= 0.6 is 0 Å². The lowest BCUT2D eigenvalue weighted by molar-refractivity contribution is -0.139. The Morgan fingerprint density at radius 2 is 2.08 bits per heavy atom. The van der Waals surface area contributed by atoms with Gasteiger partial charge >= 0.3 is 5.97 Å². The minimum atomic E-state index is -0.533. The number of rotatable bonds is 3. The summed E-state index contributed by atoms with van der Waals surface area (Å²) < 4.78 is 10.9. The molecule has 5 nitrogen and oxygen atoms in total. The third-order valence-electron chi connectivity index (χ3n) is 4.72. The summed E-state index contributed by atoms with van der Waals surface area (Å²) in [5.74, 6) is -0.421. The summed E-state index contributed by atoms with van der Waals surface area (Å²) in [4.78, 5) is 25.2. The highest BCUT2D eigenvalue weighted by Gasteiger charge is 2.41. The van der Waals surface area contributed by atoms with E-state index in [4.69, 9.17) is 15.2 Å². The van der Waals surface area contributed by atoms with Crippen molar-refractivity contribution < 1.29 is 19.1 Å². The molecule has 0 radical (unpaired) electrons. The van der Waals surface area contributed by atoms with Gasteiger partial charge in [-0.1, -0.05) is 23.8 Å². The molecule has 0 amide bonds. The SMILES string of the molecule is CCOC(=O)C1=C(N)OC2=C(C(=O)CCC2)C1c1ccc(C)cc1C. The number of ether oxygens (including phenoxy) is 2. The van der Waals surface area contributed by atoms with E-state index < -0.39 is 11.9 Å². The van der Waals surface area contributed by atoms with Gasteiger partial charge in [0.2, 0.25) is 5.88 Å². The van der Waals surface area contributed by atoms with Gasteiger partial charge in [0.25, 0.3) is 0 Å². The molecule has 0 saturated heterocycles. The highest BCUT2D eigenvalue weighted by molar-refractivity contribution is 6.03. The molecule has 3 rings (SSSR count). The summed E-state index contributed by atoms with van der Waals surface area (Å²) in [5.41, 5.74) is 9.87. The molecule has 1 aromatic rings. The minimum Gasteiger partial charge on any atom is -0.462 e. The van der Waals surface area contributed by atoms with Crippen LogP contribution in [0.15, 0.2) is 41.0 Å². The molecular formula is C20H23NO4. The third kappa shape index (κ3) is 3.06. The Hall–Kier alpha value is -2.56. The average Bonchev–Trinajstić information content (AvgIpc) is 2.54. The van der Waals surface area contributed by atoms with Crippen LogP contribution in [0.2, 0.25) is 0 Å². The third-order valence-corrected chi connectivity index (χ3v) is 4.72. The molecule has 0 spiro atoms. The van der Waals surface area contributed by atoms with E-state index in [1.54, 1.807) is 6.92 Å². The van der Waals surface area contributed by atoms with Gasteiger partial charge in [-0.2, -0.15) is 0 Å². The molecule has 1 aliphatic carbocycles. The monoisotopic (exact) mass is 341 g/mol. The maximum Gasteiger partial charge on any atom is 0.340 e. The van der Waals surface area contributed by atoms with Gasteiger partial charge in [-0.25, -0.2) is 4.79 Å². The zero-order valence-corrected chi connectivity index (χ0v) is 14.8. The highest BCUT2D eigenvalue weighted by atomic mass is 16.5. The molecular weight excluding hydrogens is 318 g/mol. The Labute approximate surface area is 147 Å². The normalized spacial score (nSPS) is 20.3. The molecule has 5 heteroatoms. The molecule has 1 aliphatic heterocycles. The van der Waals surface area contributed by atoms with E-state index in [2.05, 4.69) is 0 Å².